The Labute approximate surface area is 105 Å². The number of nitrogens with zero attached hydrogens (tertiary/aromatic N) is 1. The molecule has 2 rings (SSSR count). The van der Waals surface area contributed by atoms with Gasteiger partial charge in [-0.2, -0.15) is 0 Å². The number of benzene rings is 1. The van der Waals surface area contributed by atoms with Crippen molar-refractivity contribution in [1.29, 1.82) is 0 Å². The predicted molar refractivity (Wildman–Crippen MR) is 61.7 cm³/mol. The Hall–Kier alpha value is -0.458. The Balaban J connectivity index is 2.33. The molecule has 0 bridgehead atoms. The molecule has 0 radical (unpaired) electrons. The van der Waals surface area contributed by atoms with Crippen molar-refractivity contribution in [3.05, 3.63) is 35.9 Å². The van der Waals surface area contributed by atoms with Crippen molar-refractivity contribution in [1.82, 2.24) is 4.90 Å². The maximum atomic E-state index is 5.87. The van der Waals surface area contributed by atoms with Crippen LogP contribution < -0.4 is 0 Å². The summed E-state index contributed by atoms with van der Waals surface area (Å²) in [6.45, 7) is 7.05. The summed E-state index contributed by atoms with van der Waals surface area (Å²) in [5, 5.41) is 0. The first-order valence-corrected chi connectivity index (χ1v) is 6.15. The SMILES string of the molecule is C[C](=[Cr])N1[C@@H](c2ccccc2)COC1(C)C. The van der Waals surface area contributed by atoms with Gasteiger partial charge in [0.05, 0.1) is 0 Å². The van der Waals surface area contributed by atoms with E-state index in [1.807, 2.05) is 6.07 Å². The van der Waals surface area contributed by atoms with Crippen LogP contribution in [0.1, 0.15) is 32.4 Å². The van der Waals surface area contributed by atoms with E-state index < -0.39 is 0 Å². The number of hydrogen-bond donors (Lipinski definition) is 0. The Bertz CT molecular complexity index is 388. The average molecular weight is 255 g/mol. The molecule has 0 N–H and O–H groups in total. The average Bonchev–Trinajstić information content (AvgIpc) is 2.55. The standard InChI is InChI=1S/C13H17NO.Cr/c1-4-14-12(10-15-13(14,2)3)11-8-6-5-7-9-11;/h5-9,12H,10H2,1-3H3;/t12-;/m1./s1. The van der Waals surface area contributed by atoms with Gasteiger partial charge in [-0.3, -0.25) is 0 Å². The first-order chi connectivity index (χ1) is 7.52. The first kappa shape index (κ1) is 12.0. The topological polar surface area (TPSA) is 12.5 Å². The van der Waals surface area contributed by atoms with E-state index in [1.165, 1.54) is 10.1 Å². The summed E-state index contributed by atoms with van der Waals surface area (Å²) in [6, 6.07) is 10.8. The zero-order valence-corrected chi connectivity index (χ0v) is 11.2. The molecule has 1 aliphatic rings. The van der Waals surface area contributed by atoms with Crippen LogP contribution in [0.25, 0.3) is 0 Å². The van der Waals surface area contributed by atoms with E-state index in [2.05, 4.69) is 65.8 Å². The number of ether oxygens (including phenoxy) is 1. The van der Waals surface area contributed by atoms with Crippen LogP contribution >= 0.6 is 0 Å². The van der Waals surface area contributed by atoms with E-state index in [9.17, 15) is 0 Å². The molecule has 0 aliphatic carbocycles. The zero-order chi connectivity index (χ0) is 11.8. The summed E-state index contributed by atoms with van der Waals surface area (Å²) >= 11 is 3.10. The zero-order valence-electron chi connectivity index (χ0n) is 9.93. The fourth-order valence-electron chi connectivity index (χ4n) is 2.32. The van der Waals surface area contributed by atoms with Crippen molar-refractivity contribution in [3.63, 3.8) is 0 Å². The second-order valence-corrected chi connectivity index (χ2v) is 5.50. The van der Waals surface area contributed by atoms with E-state index in [0.29, 0.717) is 6.04 Å². The third kappa shape index (κ3) is 2.14. The van der Waals surface area contributed by atoms with E-state index in [-0.39, 0.29) is 5.72 Å². The van der Waals surface area contributed by atoms with Gasteiger partial charge in [-0.1, -0.05) is 0 Å². The maximum absolute atomic E-state index is 5.87. The summed E-state index contributed by atoms with van der Waals surface area (Å²) in [5.74, 6) is 0. The monoisotopic (exact) mass is 255 g/mol. The van der Waals surface area contributed by atoms with Crippen molar-refractivity contribution in [2.24, 2.45) is 0 Å². The molecule has 2 nitrogen and oxygen atoms in total. The summed E-state index contributed by atoms with van der Waals surface area (Å²) in [4.78, 5) is 2.31. The van der Waals surface area contributed by atoms with Crippen LogP contribution in [0.15, 0.2) is 30.3 Å². The normalized spacial score (nSPS) is 24.6. The third-order valence-corrected chi connectivity index (χ3v) is 3.32. The molecule has 1 heterocycles. The Morgan fingerprint density at radius 2 is 2.00 bits per heavy atom. The molecule has 0 spiro atoms. The van der Waals surface area contributed by atoms with Gasteiger partial charge in [-0.15, -0.1) is 0 Å². The van der Waals surface area contributed by atoms with Crippen LogP contribution in [0.3, 0.4) is 0 Å². The minimum atomic E-state index is -0.226. The molecule has 1 aromatic rings. The van der Waals surface area contributed by atoms with Crippen LogP contribution in [0, 0.1) is 0 Å². The van der Waals surface area contributed by atoms with Crippen molar-refractivity contribution in [2.45, 2.75) is 32.5 Å². The summed E-state index contributed by atoms with van der Waals surface area (Å²) in [6.07, 6.45) is 0. The molecule has 0 amide bonds. The molecule has 1 fully saturated rings. The predicted octanol–water partition coefficient (Wildman–Crippen LogP) is 2.49. The van der Waals surface area contributed by atoms with Gasteiger partial charge in [-0.05, 0) is 0 Å². The Morgan fingerprint density at radius 1 is 1.38 bits per heavy atom. The molecule has 3 heteroatoms. The molecule has 1 atom stereocenters. The second kappa shape index (κ2) is 4.43. The van der Waals surface area contributed by atoms with Gasteiger partial charge in [-0.25, -0.2) is 0 Å². The van der Waals surface area contributed by atoms with Crippen LogP contribution in [0.2, 0.25) is 0 Å². The van der Waals surface area contributed by atoms with Gasteiger partial charge in [0, 0.05) is 0 Å². The molecule has 1 aromatic carbocycles. The van der Waals surface area contributed by atoms with Crippen molar-refractivity contribution in [3.8, 4) is 0 Å². The van der Waals surface area contributed by atoms with Gasteiger partial charge in [0.1, 0.15) is 0 Å². The van der Waals surface area contributed by atoms with E-state index in [4.69, 9.17) is 4.74 Å². The summed E-state index contributed by atoms with van der Waals surface area (Å²) in [7, 11) is 0. The first-order valence-electron chi connectivity index (χ1n) is 5.51. The fraction of sp³-hybridized carbons (Fsp3) is 0.462. The second-order valence-electron chi connectivity index (χ2n) is 4.57. The van der Waals surface area contributed by atoms with Crippen LogP contribution in [-0.4, -0.2) is 21.7 Å². The summed E-state index contributed by atoms with van der Waals surface area (Å²) < 4.78 is 7.04. The Kier molecular flexibility index (Phi) is 3.32. The molecule has 0 saturated carbocycles. The van der Waals surface area contributed by atoms with Crippen molar-refractivity contribution >= 4 is 4.50 Å². The third-order valence-electron chi connectivity index (χ3n) is 3.01. The molecule has 0 aromatic heterocycles. The quantitative estimate of drug-likeness (QED) is 0.805. The molecule has 1 saturated heterocycles. The van der Waals surface area contributed by atoms with Crippen LogP contribution in [0.4, 0.5) is 0 Å². The molecule has 0 unspecified atom stereocenters. The van der Waals surface area contributed by atoms with Gasteiger partial charge in [0.15, 0.2) is 0 Å². The van der Waals surface area contributed by atoms with Crippen molar-refractivity contribution < 1.29 is 20.6 Å². The van der Waals surface area contributed by atoms with E-state index >= 15 is 0 Å². The number of hydrogen-bond acceptors (Lipinski definition) is 2. The Morgan fingerprint density at radius 3 is 2.56 bits per heavy atom. The van der Waals surface area contributed by atoms with Crippen LogP contribution in [-0.2, 0) is 20.6 Å². The van der Waals surface area contributed by atoms with Gasteiger partial charge in [0.2, 0.25) is 0 Å². The molecular weight excluding hydrogens is 238 g/mol. The van der Waals surface area contributed by atoms with Crippen molar-refractivity contribution in [2.75, 3.05) is 6.61 Å². The van der Waals surface area contributed by atoms with E-state index in [1.54, 1.807) is 0 Å². The molecule has 86 valence electrons. The fourth-order valence-corrected chi connectivity index (χ4v) is 2.86. The molecule has 16 heavy (non-hydrogen) atoms. The molecular formula is C13H17CrNO. The van der Waals surface area contributed by atoms with E-state index in [0.717, 1.165) is 6.61 Å². The van der Waals surface area contributed by atoms with Gasteiger partial charge >= 0.3 is 105 Å². The number of rotatable bonds is 2. The minimum absolute atomic E-state index is 0.226. The molecule has 1 aliphatic heterocycles. The van der Waals surface area contributed by atoms with Gasteiger partial charge in [0.25, 0.3) is 0 Å². The van der Waals surface area contributed by atoms with Crippen LogP contribution in [0.5, 0.6) is 0 Å². The van der Waals surface area contributed by atoms with Gasteiger partial charge < -0.3 is 0 Å². The summed E-state index contributed by atoms with van der Waals surface area (Å²) in [5.41, 5.74) is 1.08.